The Labute approximate surface area is 107 Å². The van der Waals surface area contributed by atoms with E-state index in [0.717, 1.165) is 11.5 Å². The molecule has 2 rings (SSSR count). The van der Waals surface area contributed by atoms with Gasteiger partial charge in [0, 0.05) is 0 Å². The quantitative estimate of drug-likeness (QED) is 0.829. The monoisotopic (exact) mass is 253 g/mol. The summed E-state index contributed by atoms with van der Waals surface area (Å²) in [6.07, 6.45) is -0.741. The van der Waals surface area contributed by atoms with Gasteiger partial charge in [-0.05, 0) is 30.5 Å². The van der Waals surface area contributed by atoms with Crippen LogP contribution in [-0.4, -0.2) is 12.1 Å². The first kappa shape index (κ1) is 14.5. The Morgan fingerprint density at radius 2 is 1.72 bits per heavy atom. The predicted molar refractivity (Wildman–Crippen MR) is 68.7 cm³/mol. The van der Waals surface area contributed by atoms with E-state index in [9.17, 15) is 9.18 Å². The Hall–Kier alpha value is -1.58. The molecule has 0 bridgehead atoms. The molecule has 0 saturated carbocycles. The van der Waals surface area contributed by atoms with E-state index in [2.05, 4.69) is 26.1 Å². The molecular formula is C14H20FNO2. The molecule has 2 atom stereocenters. The minimum absolute atomic E-state index is 0.0760. The molecule has 1 aromatic carbocycles. The van der Waals surface area contributed by atoms with E-state index in [1.165, 1.54) is 12.1 Å². The summed E-state index contributed by atoms with van der Waals surface area (Å²) in [7, 11) is 0. The van der Waals surface area contributed by atoms with E-state index in [1.54, 1.807) is 12.1 Å². The number of nitrogens with one attached hydrogen (secondary N) is 1. The molecule has 0 unspecified atom stereocenters. The average molecular weight is 253 g/mol. The van der Waals surface area contributed by atoms with Crippen molar-refractivity contribution in [3.8, 4) is 0 Å². The van der Waals surface area contributed by atoms with Crippen molar-refractivity contribution in [2.24, 2.45) is 5.92 Å². The van der Waals surface area contributed by atoms with Crippen molar-refractivity contribution in [1.82, 2.24) is 5.32 Å². The number of hydrogen-bond acceptors (Lipinski definition) is 2. The fourth-order valence-electron chi connectivity index (χ4n) is 1.52. The lowest BCUT2D eigenvalue weighted by atomic mass is 10.0. The summed E-state index contributed by atoms with van der Waals surface area (Å²) in [6.45, 7) is 8.35. The first-order valence-electron chi connectivity index (χ1n) is 6.12. The number of carbonyl (C=O) groups is 1. The van der Waals surface area contributed by atoms with Crippen molar-refractivity contribution in [3.05, 3.63) is 35.6 Å². The van der Waals surface area contributed by atoms with E-state index < -0.39 is 6.09 Å². The number of hydrogen-bond donors (Lipinski definition) is 1. The maximum atomic E-state index is 12.6. The largest absolute Gasteiger partial charge is 0.439 e. The molecule has 0 spiro atoms. The minimum atomic E-state index is -0.424. The van der Waals surface area contributed by atoms with Crippen molar-refractivity contribution in [2.75, 3.05) is 0 Å². The Balaban J connectivity index is 0.000000357. The molecule has 1 aromatic rings. The van der Waals surface area contributed by atoms with Crippen molar-refractivity contribution in [1.29, 1.82) is 0 Å². The maximum absolute atomic E-state index is 12.6. The van der Waals surface area contributed by atoms with Gasteiger partial charge in [0.2, 0.25) is 0 Å². The molecule has 1 heterocycles. The van der Waals surface area contributed by atoms with Gasteiger partial charge in [-0.25, -0.2) is 9.18 Å². The van der Waals surface area contributed by atoms with E-state index >= 15 is 0 Å². The van der Waals surface area contributed by atoms with Crippen LogP contribution in [-0.2, 0) is 4.74 Å². The van der Waals surface area contributed by atoms with Crippen molar-refractivity contribution < 1.29 is 13.9 Å². The molecule has 18 heavy (non-hydrogen) atoms. The van der Waals surface area contributed by atoms with Crippen molar-refractivity contribution >= 4 is 6.09 Å². The van der Waals surface area contributed by atoms with E-state index in [1.807, 2.05) is 6.92 Å². The smallest absolute Gasteiger partial charge is 0.408 e. The Morgan fingerprint density at radius 3 is 2.11 bits per heavy atom. The number of ether oxygens (including phenoxy) is 1. The van der Waals surface area contributed by atoms with Gasteiger partial charge in [-0.3, -0.25) is 0 Å². The topological polar surface area (TPSA) is 38.3 Å². The Bertz CT molecular complexity index is 387. The second-order valence-electron chi connectivity index (χ2n) is 5.04. The molecule has 1 aliphatic heterocycles. The van der Waals surface area contributed by atoms with Crippen LogP contribution < -0.4 is 5.32 Å². The number of carbonyl (C=O) groups excluding carboxylic acids is 1. The zero-order chi connectivity index (χ0) is 13.7. The van der Waals surface area contributed by atoms with Gasteiger partial charge in [-0.2, -0.15) is 0 Å². The number of cyclic esters (lactones) is 1. The van der Waals surface area contributed by atoms with Crippen LogP contribution >= 0.6 is 0 Å². The standard InChI is InChI=1S/C10H10FNO2.C4H10/c1-6-9(14-10(13)12-6)7-2-4-8(11)5-3-7;1-4(2)3/h2-6,9H,1H3,(H,12,13);4H,1-3H3/t6-,9-;/m1./s1. The first-order valence-corrected chi connectivity index (χ1v) is 6.12. The van der Waals surface area contributed by atoms with Crippen LogP contribution in [0.5, 0.6) is 0 Å². The van der Waals surface area contributed by atoms with Crippen molar-refractivity contribution in [2.45, 2.75) is 39.8 Å². The lowest BCUT2D eigenvalue weighted by Gasteiger charge is -2.12. The summed E-state index contributed by atoms with van der Waals surface area (Å²) < 4.78 is 17.7. The first-order chi connectivity index (χ1) is 8.40. The highest BCUT2D eigenvalue weighted by atomic mass is 19.1. The summed E-state index contributed by atoms with van der Waals surface area (Å²) in [5, 5.41) is 2.63. The minimum Gasteiger partial charge on any atom is -0.439 e. The number of halogens is 1. The fraction of sp³-hybridized carbons (Fsp3) is 0.500. The third-order valence-corrected chi connectivity index (χ3v) is 2.23. The number of amides is 1. The number of alkyl carbamates (subject to hydrolysis) is 1. The van der Waals surface area contributed by atoms with Crippen LogP contribution in [0.1, 0.15) is 39.4 Å². The third-order valence-electron chi connectivity index (χ3n) is 2.23. The molecule has 4 heteroatoms. The molecule has 0 aliphatic carbocycles. The van der Waals surface area contributed by atoms with Gasteiger partial charge in [-0.1, -0.05) is 32.9 Å². The van der Waals surface area contributed by atoms with Gasteiger partial charge in [0.25, 0.3) is 0 Å². The molecule has 1 amide bonds. The molecule has 1 aliphatic rings. The van der Waals surface area contributed by atoms with Crippen LogP contribution in [0.3, 0.4) is 0 Å². The second kappa shape index (κ2) is 6.38. The molecule has 1 saturated heterocycles. The second-order valence-corrected chi connectivity index (χ2v) is 5.04. The van der Waals surface area contributed by atoms with Crippen LogP contribution in [0.2, 0.25) is 0 Å². The van der Waals surface area contributed by atoms with Crippen LogP contribution in [0, 0.1) is 11.7 Å². The summed E-state index contributed by atoms with van der Waals surface area (Å²) in [5.74, 6) is 0.540. The molecule has 100 valence electrons. The molecule has 1 fully saturated rings. The summed E-state index contributed by atoms with van der Waals surface area (Å²) in [4.78, 5) is 10.9. The summed E-state index contributed by atoms with van der Waals surface area (Å²) >= 11 is 0. The zero-order valence-corrected chi connectivity index (χ0v) is 11.2. The molecule has 0 radical (unpaired) electrons. The SMILES string of the molecule is CC(C)C.C[C@H]1NC(=O)O[C@H]1c1ccc(F)cc1. The number of benzene rings is 1. The molecule has 3 nitrogen and oxygen atoms in total. The van der Waals surface area contributed by atoms with Gasteiger partial charge in [0.05, 0.1) is 6.04 Å². The normalized spacial score (nSPS) is 22.0. The van der Waals surface area contributed by atoms with Crippen LogP contribution in [0.25, 0.3) is 0 Å². The third kappa shape index (κ3) is 4.35. The van der Waals surface area contributed by atoms with Gasteiger partial charge in [0.1, 0.15) is 11.9 Å². The van der Waals surface area contributed by atoms with Gasteiger partial charge in [-0.15, -0.1) is 0 Å². The fourth-order valence-corrected chi connectivity index (χ4v) is 1.52. The highest BCUT2D eigenvalue weighted by Crippen LogP contribution is 2.25. The van der Waals surface area contributed by atoms with Crippen molar-refractivity contribution in [3.63, 3.8) is 0 Å². The Kier molecular flexibility index (Phi) is 5.13. The lowest BCUT2D eigenvalue weighted by Crippen LogP contribution is -2.23. The van der Waals surface area contributed by atoms with Crippen LogP contribution in [0.15, 0.2) is 24.3 Å². The highest BCUT2D eigenvalue weighted by molar-refractivity contribution is 5.70. The zero-order valence-electron chi connectivity index (χ0n) is 11.2. The molecule has 0 aromatic heterocycles. The Morgan fingerprint density at radius 1 is 1.22 bits per heavy atom. The van der Waals surface area contributed by atoms with E-state index in [-0.39, 0.29) is 18.0 Å². The van der Waals surface area contributed by atoms with E-state index in [0.29, 0.717) is 0 Å². The lowest BCUT2D eigenvalue weighted by molar-refractivity contribution is 0.134. The average Bonchev–Trinajstić information content (AvgIpc) is 2.58. The van der Waals surface area contributed by atoms with Crippen LogP contribution in [0.4, 0.5) is 9.18 Å². The maximum Gasteiger partial charge on any atom is 0.408 e. The molecule has 1 N–H and O–H groups in total. The van der Waals surface area contributed by atoms with Gasteiger partial charge < -0.3 is 10.1 Å². The van der Waals surface area contributed by atoms with Gasteiger partial charge >= 0.3 is 6.09 Å². The summed E-state index contributed by atoms with van der Waals surface area (Å²) in [6, 6.07) is 5.88. The number of rotatable bonds is 1. The predicted octanol–water partition coefficient (Wildman–Crippen LogP) is 3.66. The summed E-state index contributed by atoms with van der Waals surface area (Å²) in [5.41, 5.74) is 0.803. The van der Waals surface area contributed by atoms with Gasteiger partial charge in [0.15, 0.2) is 0 Å². The van der Waals surface area contributed by atoms with E-state index in [4.69, 9.17) is 4.74 Å². The molecular weight excluding hydrogens is 233 g/mol. The highest BCUT2D eigenvalue weighted by Gasteiger charge is 2.31.